The largest absolute Gasteiger partial charge is 0.478 e. The van der Waals surface area contributed by atoms with Crippen LogP contribution in [0.2, 0.25) is 0 Å². The molecule has 5 heteroatoms. The number of carbonyl (C=O) groups excluding carboxylic acids is 1. The Bertz CT molecular complexity index is 544. The van der Waals surface area contributed by atoms with Gasteiger partial charge in [0.05, 0.1) is 6.54 Å². The highest BCUT2D eigenvalue weighted by Gasteiger charge is 2.23. The second-order valence-electron chi connectivity index (χ2n) is 5.16. The molecule has 0 saturated carbocycles. The van der Waals surface area contributed by atoms with Crippen LogP contribution < -0.4 is 0 Å². The number of rotatable bonds is 4. The number of carbonyl (C=O) groups is 2. The normalized spacial score (nSPS) is 18.0. The minimum Gasteiger partial charge on any atom is -0.478 e. The Kier molecular flexibility index (Phi) is 4.27. The fraction of sp³-hybridized carbons (Fsp3) is 0.467. The zero-order chi connectivity index (χ0) is 14.7. The van der Waals surface area contributed by atoms with Gasteiger partial charge in [-0.2, -0.15) is 0 Å². The third kappa shape index (κ3) is 3.10. The van der Waals surface area contributed by atoms with E-state index in [0.717, 1.165) is 19.3 Å². The Hall–Kier alpha value is -2.04. The van der Waals surface area contributed by atoms with Gasteiger partial charge in [0, 0.05) is 13.0 Å². The van der Waals surface area contributed by atoms with E-state index in [1.54, 1.807) is 18.9 Å². The second-order valence-corrected chi connectivity index (χ2v) is 5.16. The molecule has 0 aliphatic heterocycles. The van der Waals surface area contributed by atoms with Crippen molar-refractivity contribution in [1.29, 1.82) is 0 Å². The first-order valence-corrected chi connectivity index (χ1v) is 6.71. The van der Waals surface area contributed by atoms with Crippen molar-refractivity contribution in [2.75, 3.05) is 7.05 Å². The molecule has 1 aromatic rings. The number of furan rings is 1. The summed E-state index contributed by atoms with van der Waals surface area (Å²) >= 11 is 0. The van der Waals surface area contributed by atoms with Crippen molar-refractivity contribution in [3.63, 3.8) is 0 Å². The van der Waals surface area contributed by atoms with Gasteiger partial charge in [0.15, 0.2) is 0 Å². The number of hydrogen-bond donors (Lipinski definition) is 1. The van der Waals surface area contributed by atoms with Gasteiger partial charge in [0.2, 0.25) is 5.91 Å². The standard InChI is InChI=1S/C15H19NO4/c1-10-13(15(18)19)8-12(20-10)9-16(2)14(17)11-6-4-3-5-7-11/h3-4,8,11H,5-7,9H2,1-2H3,(H,18,19). The van der Waals surface area contributed by atoms with Gasteiger partial charge in [-0.1, -0.05) is 12.2 Å². The molecule has 0 fully saturated rings. The summed E-state index contributed by atoms with van der Waals surface area (Å²) in [4.78, 5) is 24.8. The van der Waals surface area contributed by atoms with E-state index in [9.17, 15) is 9.59 Å². The van der Waals surface area contributed by atoms with Crippen LogP contribution in [0.5, 0.6) is 0 Å². The van der Waals surface area contributed by atoms with E-state index in [2.05, 4.69) is 6.08 Å². The lowest BCUT2D eigenvalue weighted by atomic mass is 9.93. The van der Waals surface area contributed by atoms with Crippen molar-refractivity contribution in [2.45, 2.75) is 32.7 Å². The zero-order valence-corrected chi connectivity index (χ0v) is 11.8. The molecule has 1 aliphatic carbocycles. The monoisotopic (exact) mass is 277 g/mol. The third-order valence-electron chi connectivity index (χ3n) is 3.59. The number of carboxylic acids is 1. The molecule has 0 aromatic carbocycles. The van der Waals surface area contributed by atoms with Crippen LogP contribution in [0.1, 0.15) is 41.1 Å². The first kappa shape index (κ1) is 14.4. The van der Waals surface area contributed by atoms with Crippen molar-refractivity contribution in [1.82, 2.24) is 4.90 Å². The molecule has 1 heterocycles. The van der Waals surface area contributed by atoms with Crippen molar-refractivity contribution in [3.8, 4) is 0 Å². The van der Waals surface area contributed by atoms with Gasteiger partial charge in [-0.3, -0.25) is 4.79 Å². The van der Waals surface area contributed by atoms with Crippen LogP contribution in [0.3, 0.4) is 0 Å². The quantitative estimate of drug-likeness (QED) is 0.859. The van der Waals surface area contributed by atoms with E-state index in [-0.39, 0.29) is 17.4 Å². The number of amides is 1. The Morgan fingerprint density at radius 3 is 2.75 bits per heavy atom. The summed E-state index contributed by atoms with van der Waals surface area (Å²) < 4.78 is 5.40. The highest BCUT2D eigenvalue weighted by Crippen LogP contribution is 2.22. The summed E-state index contributed by atoms with van der Waals surface area (Å²) in [6.07, 6.45) is 6.73. The second kappa shape index (κ2) is 5.94. The maximum Gasteiger partial charge on any atom is 0.339 e. The molecule has 1 N–H and O–H groups in total. The number of hydrogen-bond acceptors (Lipinski definition) is 3. The fourth-order valence-corrected chi connectivity index (χ4v) is 2.48. The molecule has 0 saturated heterocycles. The lowest BCUT2D eigenvalue weighted by molar-refractivity contribution is -0.135. The lowest BCUT2D eigenvalue weighted by Gasteiger charge is -2.23. The van der Waals surface area contributed by atoms with Gasteiger partial charge in [-0.05, 0) is 32.3 Å². The number of nitrogens with zero attached hydrogens (tertiary/aromatic N) is 1. The van der Waals surface area contributed by atoms with Gasteiger partial charge in [-0.25, -0.2) is 4.79 Å². The van der Waals surface area contributed by atoms with Crippen molar-refractivity contribution < 1.29 is 19.1 Å². The van der Waals surface area contributed by atoms with Crippen LogP contribution in [0.25, 0.3) is 0 Å². The number of carboxylic acid groups (broad SMARTS) is 1. The topological polar surface area (TPSA) is 70.8 Å². The molecule has 0 bridgehead atoms. The van der Waals surface area contributed by atoms with Gasteiger partial charge >= 0.3 is 5.97 Å². The molecule has 1 atom stereocenters. The van der Waals surface area contributed by atoms with E-state index in [4.69, 9.17) is 9.52 Å². The van der Waals surface area contributed by atoms with Gasteiger partial charge < -0.3 is 14.4 Å². The maximum atomic E-state index is 12.3. The summed E-state index contributed by atoms with van der Waals surface area (Å²) in [5.74, 6) is -0.0276. The third-order valence-corrected chi connectivity index (χ3v) is 3.59. The highest BCUT2D eigenvalue weighted by atomic mass is 16.4. The molecule has 1 aromatic heterocycles. The molecule has 108 valence electrons. The molecular formula is C15H19NO4. The Morgan fingerprint density at radius 2 is 2.20 bits per heavy atom. The van der Waals surface area contributed by atoms with Gasteiger partial charge in [0.1, 0.15) is 17.1 Å². The van der Waals surface area contributed by atoms with Crippen molar-refractivity contribution >= 4 is 11.9 Å². The van der Waals surface area contributed by atoms with Gasteiger partial charge in [0.25, 0.3) is 0 Å². The first-order valence-electron chi connectivity index (χ1n) is 6.71. The number of allylic oxidation sites excluding steroid dienone is 2. The molecule has 1 amide bonds. The summed E-state index contributed by atoms with van der Waals surface area (Å²) in [6.45, 7) is 1.91. The Labute approximate surface area is 117 Å². The van der Waals surface area contributed by atoms with E-state index in [1.165, 1.54) is 6.07 Å². The van der Waals surface area contributed by atoms with Crippen LogP contribution in [0.4, 0.5) is 0 Å². The highest BCUT2D eigenvalue weighted by molar-refractivity contribution is 5.88. The first-order chi connectivity index (χ1) is 9.49. The van der Waals surface area contributed by atoms with E-state index < -0.39 is 5.97 Å². The molecule has 5 nitrogen and oxygen atoms in total. The molecule has 2 rings (SSSR count). The van der Waals surface area contributed by atoms with Crippen LogP contribution >= 0.6 is 0 Å². The van der Waals surface area contributed by atoms with Crippen LogP contribution in [0.15, 0.2) is 22.6 Å². The van der Waals surface area contributed by atoms with Crippen LogP contribution in [-0.2, 0) is 11.3 Å². The lowest BCUT2D eigenvalue weighted by Crippen LogP contribution is -2.32. The van der Waals surface area contributed by atoms with E-state index in [1.807, 2.05) is 6.08 Å². The summed E-state index contributed by atoms with van der Waals surface area (Å²) in [7, 11) is 1.72. The Balaban J connectivity index is 2.02. The summed E-state index contributed by atoms with van der Waals surface area (Å²) in [5, 5.41) is 8.98. The minimum atomic E-state index is -1.01. The number of aryl methyl sites for hydroxylation is 1. The molecule has 20 heavy (non-hydrogen) atoms. The maximum absolute atomic E-state index is 12.3. The van der Waals surface area contributed by atoms with Crippen molar-refractivity contribution in [2.24, 2.45) is 5.92 Å². The van der Waals surface area contributed by atoms with Crippen molar-refractivity contribution in [3.05, 3.63) is 35.3 Å². The predicted octanol–water partition coefficient (Wildman–Crippen LogP) is 2.60. The van der Waals surface area contributed by atoms with Crippen LogP contribution in [-0.4, -0.2) is 28.9 Å². The smallest absolute Gasteiger partial charge is 0.339 e. The molecule has 1 unspecified atom stereocenters. The van der Waals surface area contributed by atoms with Gasteiger partial charge in [-0.15, -0.1) is 0 Å². The molecule has 0 radical (unpaired) electrons. The average molecular weight is 277 g/mol. The number of aromatic carboxylic acids is 1. The average Bonchev–Trinajstić information content (AvgIpc) is 2.79. The fourth-order valence-electron chi connectivity index (χ4n) is 2.48. The molecular weight excluding hydrogens is 258 g/mol. The predicted molar refractivity (Wildman–Crippen MR) is 73.4 cm³/mol. The Morgan fingerprint density at radius 1 is 1.45 bits per heavy atom. The van der Waals surface area contributed by atoms with E-state index >= 15 is 0 Å². The SMILES string of the molecule is Cc1oc(CN(C)C(=O)C2CC=CCC2)cc1C(=O)O. The van der Waals surface area contributed by atoms with E-state index in [0.29, 0.717) is 18.1 Å². The molecule has 0 spiro atoms. The molecule has 1 aliphatic rings. The van der Waals surface area contributed by atoms with Crippen LogP contribution in [0, 0.1) is 12.8 Å². The summed E-state index contributed by atoms with van der Waals surface area (Å²) in [6, 6.07) is 1.49. The minimum absolute atomic E-state index is 0.0278. The zero-order valence-electron chi connectivity index (χ0n) is 11.8. The summed E-state index contributed by atoms with van der Waals surface area (Å²) in [5.41, 5.74) is 0.154.